The van der Waals surface area contributed by atoms with Gasteiger partial charge in [-0.25, -0.2) is 14.8 Å². The van der Waals surface area contributed by atoms with Gasteiger partial charge in [-0.3, -0.25) is 5.84 Å². The summed E-state index contributed by atoms with van der Waals surface area (Å²) in [7, 11) is 0. The molecular weight excluding hydrogens is 213 g/mol. The van der Waals surface area contributed by atoms with Gasteiger partial charge in [0, 0.05) is 5.38 Å². The molecule has 3 nitrogen and oxygen atoms in total. The third-order valence-corrected chi connectivity index (χ3v) is 2.70. The van der Waals surface area contributed by atoms with Gasteiger partial charge in [-0.2, -0.15) is 0 Å². The van der Waals surface area contributed by atoms with E-state index in [1.807, 2.05) is 11.4 Å². The predicted molar refractivity (Wildman–Crippen MR) is 57.7 cm³/mol. The summed E-state index contributed by atoms with van der Waals surface area (Å²) in [5, 5.41) is 1.88. The summed E-state index contributed by atoms with van der Waals surface area (Å²) in [6.07, 6.45) is 0. The van der Waals surface area contributed by atoms with E-state index in [2.05, 4.69) is 10.4 Å². The van der Waals surface area contributed by atoms with Crippen molar-refractivity contribution in [2.75, 3.05) is 0 Å². The monoisotopic (exact) mass is 223 g/mol. The van der Waals surface area contributed by atoms with E-state index < -0.39 is 0 Å². The molecule has 0 fully saturated rings. The van der Waals surface area contributed by atoms with E-state index in [1.54, 1.807) is 11.6 Å². The Balaban J connectivity index is 2.35. The van der Waals surface area contributed by atoms with E-state index in [9.17, 15) is 4.39 Å². The number of hydrogen-bond acceptors (Lipinski definition) is 4. The zero-order valence-electron chi connectivity index (χ0n) is 7.85. The van der Waals surface area contributed by atoms with Crippen molar-refractivity contribution in [2.24, 2.45) is 5.84 Å². The Labute approximate surface area is 90.7 Å². The van der Waals surface area contributed by atoms with Gasteiger partial charge in [0.1, 0.15) is 5.82 Å². The average molecular weight is 223 g/mol. The lowest BCUT2D eigenvalue weighted by atomic mass is 10.1. The summed E-state index contributed by atoms with van der Waals surface area (Å²) in [6.45, 7) is 0. The van der Waals surface area contributed by atoms with Crippen molar-refractivity contribution in [2.45, 2.75) is 6.04 Å². The highest BCUT2D eigenvalue weighted by molar-refractivity contribution is 7.07. The van der Waals surface area contributed by atoms with E-state index in [4.69, 9.17) is 5.84 Å². The first kappa shape index (κ1) is 10.2. The van der Waals surface area contributed by atoms with Crippen LogP contribution in [0.25, 0.3) is 0 Å². The summed E-state index contributed by atoms with van der Waals surface area (Å²) < 4.78 is 13.0. The lowest BCUT2D eigenvalue weighted by Crippen LogP contribution is -2.29. The van der Waals surface area contributed by atoms with Crippen molar-refractivity contribution in [3.63, 3.8) is 0 Å². The fourth-order valence-electron chi connectivity index (χ4n) is 1.40. The van der Waals surface area contributed by atoms with Crippen LogP contribution >= 0.6 is 11.3 Å². The number of nitrogens with two attached hydrogens (primary N) is 1. The Morgan fingerprint density at radius 1 is 1.47 bits per heavy atom. The number of nitrogens with zero attached hydrogens (tertiary/aromatic N) is 1. The largest absolute Gasteiger partial charge is 0.271 e. The van der Waals surface area contributed by atoms with Gasteiger partial charge in [0.25, 0.3) is 0 Å². The van der Waals surface area contributed by atoms with Crippen LogP contribution in [0.3, 0.4) is 0 Å². The first-order valence-corrected chi connectivity index (χ1v) is 5.35. The van der Waals surface area contributed by atoms with Gasteiger partial charge in [0.05, 0.1) is 17.2 Å². The quantitative estimate of drug-likeness (QED) is 0.616. The van der Waals surface area contributed by atoms with Gasteiger partial charge in [-0.1, -0.05) is 12.1 Å². The van der Waals surface area contributed by atoms with Gasteiger partial charge in [-0.15, -0.1) is 11.3 Å². The summed E-state index contributed by atoms with van der Waals surface area (Å²) in [5.74, 6) is 5.16. The summed E-state index contributed by atoms with van der Waals surface area (Å²) in [5.41, 5.74) is 5.91. The fraction of sp³-hybridized carbons (Fsp3) is 0.100. The van der Waals surface area contributed by atoms with Crippen LogP contribution in [0.5, 0.6) is 0 Å². The summed E-state index contributed by atoms with van der Waals surface area (Å²) in [6, 6.07) is 6.06. The van der Waals surface area contributed by atoms with Crippen LogP contribution in [0.4, 0.5) is 4.39 Å². The second-order valence-corrected chi connectivity index (χ2v) is 3.79. The van der Waals surface area contributed by atoms with Crippen LogP contribution in [0.2, 0.25) is 0 Å². The van der Waals surface area contributed by atoms with E-state index >= 15 is 0 Å². The Kier molecular flexibility index (Phi) is 3.05. The number of benzene rings is 1. The Hall–Kier alpha value is -1.30. The van der Waals surface area contributed by atoms with Crippen LogP contribution in [0.15, 0.2) is 35.2 Å². The lowest BCUT2D eigenvalue weighted by molar-refractivity contribution is 0.599. The normalized spacial score (nSPS) is 12.7. The highest BCUT2D eigenvalue weighted by atomic mass is 32.1. The van der Waals surface area contributed by atoms with Gasteiger partial charge in [-0.05, 0) is 17.7 Å². The van der Waals surface area contributed by atoms with Crippen molar-refractivity contribution >= 4 is 11.3 Å². The zero-order valence-corrected chi connectivity index (χ0v) is 8.67. The molecule has 1 heterocycles. The molecule has 0 amide bonds. The minimum Gasteiger partial charge on any atom is -0.271 e. The molecule has 0 saturated carbocycles. The van der Waals surface area contributed by atoms with Crippen LogP contribution in [-0.2, 0) is 0 Å². The molecule has 0 aliphatic heterocycles. The molecule has 5 heteroatoms. The maximum absolute atomic E-state index is 13.0. The standard InChI is InChI=1S/C10H10FN3S/c11-8-3-1-2-7(4-8)10(14-12)9-5-15-6-13-9/h1-6,10,14H,12H2. The molecule has 0 spiro atoms. The SMILES string of the molecule is NNC(c1cccc(F)c1)c1cscn1. The Morgan fingerprint density at radius 3 is 2.93 bits per heavy atom. The predicted octanol–water partition coefficient (Wildman–Crippen LogP) is 1.83. The minimum atomic E-state index is -0.275. The Morgan fingerprint density at radius 2 is 2.33 bits per heavy atom. The molecule has 1 aromatic heterocycles. The highest BCUT2D eigenvalue weighted by Crippen LogP contribution is 2.21. The second-order valence-electron chi connectivity index (χ2n) is 3.07. The van der Waals surface area contributed by atoms with Crippen LogP contribution in [0.1, 0.15) is 17.3 Å². The molecule has 0 saturated heterocycles. The lowest BCUT2D eigenvalue weighted by Gasteiger charge is -2.13. The topological polar surface area (TPSA) is 50.9 Å². The molecule has 1 unspecified atom stereocenters. The molecule has 0 bridgehead atoms. The number of rotatable bonds is 3. The summed E-state index contributed by atoms with van der Waals surface area (Å²) in [4.78, 5) is 4.15. The molecule has 1 aromatic carbocycles. The van der Waals surface area contributed by atoms with E-state index in [0.29, 0.717) is 0 Å². The average Bonchev–Trinajstić information content (AvgIpc) is 2.72. The molecule has 0 radical (unpaired) electrons. The number of nitrogens with one attached hydrogen (secondary N) is 1. The number of thiazole rings is 1. The van der Waals surface area contributed by atoms with Gasteiger partial charge < -0.3 is 0 Å². The van der Waals surface area contributed by atoms with Crippen molar-refractivity contribution in [3.8, 4) is 0 Å². The number of aromatic nitrogens is 1. The molecule has 15 heavy (non-hydrogen) atoms. The second kappa shape index (κ2) is 4.48. The fourth-order valence-corrected chi connectivity index (χ4v) is 1.98. The van der Waals surface area contributed by atoms with E-state index in [1.165, 1.54) is 23.5 Å². The highest BCUT2D eigenvalue weighted by Gasteiger charge is 2.14. The number of halogens is 1. The summed E-state index contributed by atoms with van der Waals surface area (Å²) >= 11 is 1.48. The molecule has 2 rings (SSSR count). The van der Waals surface area contributed by atoms with E-state index in [-0.39, 0.29) is 11.9 Å². The number of hydrogen-bond donors (Lipinski definition) is 2. The van der Waals surface area contributed by atoms with Gasteiger partial charge in [0.2, 0.25) is 0 Å². The van der Waals surface area contributed by atoms with E-state index in [0.717, 1.165) is 11.3 Å². The molecular formula is C10H10FN3S. The zero-order chi connectivity index (χ0) is 10.7. The Bertz CT molecular complexity index is 430. The minimum absolute atomic E-state index is 0.257. The molecule has 0 aliphatic carbocycles. The molecule has 1 atom stereocenters. The molecule has 3 N–H and O–H groups in total. The number of hydrazine groups is 1. The van der Waals surface area contributed by atoms with Crippen LogP contribution in [-0.4, -0.2) is 4.98 Å². The van der Waals surface area contributed by atoms with Crippen molar-refractivity contribution < 1.29 is 4.39 Å². The first-order valence-electron chi connectivity index (χ1n) is 4.41. The van der Waals surface area contributed by atoms with Crippen LogP contribution in [0, 0.1) is 5.82 Å². The first-order chi connectivity index (χ1) is 7.31. The van der Waals surface area contributed by atoms with Crippen LogP contribution < -0.4 is 11.3 Å². The maximum Gasteiger partial charge on any atom is 0.123 e. The third-order valence-electron chi connectivity index (χ3n) is 2.10. The van der Waals surface area contributed by atoms with Crippen molar-refractivity contribution in [1.29, 1.82) is 0 Å². The maximum atomic E-state index is 13.0. The third kappa shape index (κ3) is 2.20. The van der Waals surface area contributed by atoms with Gasteiger partial charge in [0.15, 0.2) is 0 Å². The molecule has 2 aromatic rings. The van der Waals surface area contributed by atoms with Gasteiger partial charge >= 0.3 is 0 Å². The smallest absolute Gasteiger partial charge is 0.123 e. The van der Waals surface area contributed by atoms with Crippen molar-refractivity contribution in [1.82, 2.24) is 10.4 Å². The molecule has 0 aliphatic rings. The van der Waals surface area contributed by atoms with Crippen molar-refractivity contribution in [3.05, 3.63) is 52.2 Å². The molecule has 78 valence electrons.